The zero-order valence-corrected chi connectivity index (χ0v) is 11.5. The number of ether oxygens (including phenoxy) is 1. The Bertz CT molecular complexity index is 650. The predicted molar refractivity (Wildman–Crippen MR) is 76.4 cm³/mol. The van der Waals surface area contributed by atoms with Crippen molar-refractivity contribution in [3.05, 3.63) is 48.0 Å². The maximum atomic E-state index is 13.3. The maximum absolute atomic E-state index is 13.3. The Labute approximate surface area is 121 Å². The molecule has 2 aromatic carbocycles. The molecule has 0 saturated heterocycles. The number of esters is 1. The third-order valence-corrected chi connectivity index (χ3v) is 3.80. The van der Waals surface area contributed by atoms with Gasteiger partial charge in [0.2, 0.25) is 0 Å². The van der Waals surface area contributed by atoms with Gasteiger partial charge in [-0.1, -0.05) is 42.5 Å². The van der Waals surface area contributed by atoms with Gasteiger partial charge in [-0.25, -0.2) is 8.78 Å². The average molecular weight is 290 g/mol. The minimum Gasteiger partial charge on any atom is -0.465 e. The highest BCUT2D eigenvalue weighted by Gasteiger charge is 2.33. The molecule has 0 bridgehead atoms. The Hall–Kier alpha value is -1.97. The third-order valence-electron chi connectivity index (χ3n) is 3.80. The van der Waals surface area contributed by atoms with Gasteiger partial charge in [0.25, 0.3) is 6.43 Å². The molecule has 1 saturated carbocycles. The van der Waals surface area contributed by atoms with Gasteiger partial charge in [0.1, 0.15) is 5.92 Å². The van der Waals surface area contributed by atoms with Crippen molar-refractivity contribution < 1.29 is 18.3 Å². The standard InChI is InChI=1S/C17H16F2O2/c18-16(19)15(17(20)21-10-11-5-6-11)14-8-7-12-3-1-2-4-13(12)9-14/h1-4,7-9,11,15-16H,5-6,10H2. The van der Waals surface area contributed by atoms with Crippen LogP contribution in [-0.4, -0.2) is 19.0 Å². The van der Waals surface area contributed by atoms with E-state index in [2.05, 4.69) is 0 Å². The average Bonchev–Trinajstić information content (AvgIpc) is 3.29. The summed E-state index contributed by atoms with van der Waals surface area (Å²) in [5, 5.41) is 1.80. The SMILES string of the molecule is O=C(OCC1CC1)C(c1ccc2ccccc2c1)C(F)F. The fraction of sp³-hybridized carbons (Fsp3) is 0.353. The molecule has 0 spiro atoms. The lowest BCUT2D eigenvalue weighted by atomic mass is 9.96. The van der Waals surface area contributed by atoms with Crippen LogP contribution in [0.2, 0.25) is 0 Å². The Morgan fingerprint density at radius 2 is 1.86 bits per heavy atom. The number of benzene rings is 2. The van der Waals surface area contributed by atoms with Gasteiger partial charge in [-0.15, -0.1) is 0 Å². The van der Waals surface area contributed by atoms with Crippen LogP contribution < -0.4 is 0 Å². The molecule has 2 aromatic rings. The Morgan fingerprint density at radius 3 is 2.52 bits per heavy atom. The summed E-state index contributed by atoms with van der Waals surface area (Å²) in [6, 6.07) is 12.5. The Morgan fingerprint density at radius 1 is 1.14 bits per heavy atom. The van der Waals surface area contributed by atoms with Gasteiger partial charge >= 0.3 is 5.97 Å². The zero-order valence-electron chi connectivity index (χ0n) is 11.5. The molecule has 0 aromatic heterocycles. The van der Waals surface area contributed by atoms with E-state index in [1.165, 1.54) is 0 Å². The van der Waals surface area contributed by atoms with Gasteiger partial charge in [-0.3, -0.25) is 4.79 Å². The summed E-state index contributed by atoms with van der Waals surface area (Å²) in [7, 11) is 0. The maximum Gasteiger partial charge on any atom is 0.319 e. The minimum absolute atomic E-state index is 0.260. The number of hydrogen-bond acceptors (Lipinski definition) is 2. The molecule has 110 valence electrons. The van der Waals surface area contributed by atoms with Gasteiger partial charge in [0.15, 0.2) is 0 Å². The first kappa shape index (κ1) is 14.0. The highest BCUT2D eigenvalue weighted by atomic mass is 19.3. The van der Waals surface area contributed by atoms with Crippen molar-refractivity contribution in [1.82, 2.24) is 0 Å². The number of alkyl halides is 2. The largest absolute Gasteiger partial charge is 0.465 e. The number of rotatable bonds is 5. The normalized spacial score (nSPS) is 16.1. The van der Waals surface area contributed by atoms with Gasteiger partial charge in [0, 0.05) is 0 Å². The predicted octanol–water partition coefficient (Wildman–Crippen LogP) is 4.14. The van der Waals surface area contributed by atoms with E-state index in [1.807, 2.05) is 24.3 Å². The molecule has 1 aliphatic carbocycles. The molecule has 1 atom stereocenters. The lowest BCUT2D eigenvalue weighted by Crippen LogP contribution is -2.23. The summed E-state index contributed by atoms with van der Waals surface area (Å²) in [6.07, 6.45) is -0.733. The highest BCUT2D eigenvalue weighted by Crippen LogP contribution is 2.31. The monoisotopic (exact) mass is 290 g/mol. The molecule has 1 fully saturated rings. The topological polar surface area (TPSA) is 26.3 Å². The Balaban J connectivity index is 1.85. The molecule has 0 amide bonds. The second-order valence-corrected chi connectivity index (χ2v) is 5.49. The van der Waals surface area contributed by atoms with Crippen molar-refractivity contribution in [1.29, 1.82) is 0 Å². The summed E-state index contributed by atoms with van der Waals surface area (Å²) in [4.78, 5) is 12.0. The number of hydrogen-bond donors (Lipinski definition) is 0. The van der Waals surface area contributed by atoms with Crippen molar-refractivity contribution in [3.63, 3.8) is 0 Å². The second kappa shape index (κ2) is 5.80. The van der Waals surface area contributed by atoms with E-state index in [-0.39, 0.29) is 6.61 Å². The van der Waals surface area contributed by atoms with Gasteiger partial charge < -0.3 is 4.74 Å². The van der Waals surface area contributed by atoms with Crippen LogP contribution in [0, 0.1) is 5.92 Å². The fourth-order valence-electron chi connectivity index (χ4n) is 2.36. The summed E-state index contributed by atoms with van der Waals surface area (Å²) >= 11 is 0. The molecular weight excluding hydrogens is 274 g/mol. The molecule has 4 heteroatoms. The van der Waals surface area contributed by atoms with Crippen LogP contribution >= 0.6 is 0 Å². The first-order valence-corrected chi connectivity index (χ1v) is 7.08. The summed E-state index contributed by atoms with van der Waals surface area (Å²) in [6.45, 7) is 0.260. The van der Waals surface area contributed by atoms with Crippen molar-refractivity contribution in [2.24, 2.45) is 5.92 Å². The lowest BCUT2D eigenvalue weighted by molar-refractivity contribution is -0.149. The van der Waals surface area contributed by atoms with Crippen LogP contribution in [0.5, 0.6) is 0 Å². The van der Waals surface area contributed by atoms with Crippen molar-refractivity contribution in [2.75, 3.05) is 6.61 Å². The van der Waals surface area contributed by atoms with Crippen molar-refractivity contribution >= 4 is 16.7 Å². The van der Waals surface area contributed by atoms with Crippen LogP contribution in [0.15, 0.2) is 42.5 Å². The Kier molecular flexibility index (Phi) is 3.86. The van der Waals surface area contributed by atoms with Gasteiger partial charge in [0.05, 0.1) is 6.61 Å². The van der Waals surface area contributed by atoms with Crippen LogP contribution in [0.25, 0.3) is 10.8 Å². The fourth-order valence-corrected chi connectivity index (χ4v) is 2.36. The van der Waals surface area contributed by atoms with Crippen LogP contribution in [0.1, 0.15) is 24.3 Å². The summed E-state index contributed by atoms with van der Waals surface area (Å²) < 4.78 is 31.6. The molecule has 0 aliphatic heterocycles. The minimum atomic E-state index is -2.77. The molecule has 0 radical (unpaired) electrons. The number of carbonyl (C=O) groups is 1. The molecule has 0 N–H and O–H groups in total. The smallest absolute Gasteiger partial charge is 0.319 e. The van der Waals surface area contributed by atoms with Crippen molar-refractivity contribution in [2.45, 2.75) is 25.2 Å². The van der Waals surface area contributed by atoms with E-state index >= 15 is 0 Å². The van der Waals surface area contributed by atoms with Crippen LogP contribution in [-0.2, 0) is 9.53 Å². The molecule has 21 heavy (non-hydrogen) atoms. The van der Waals surface area contributed by atoms with E-state index in [0.717, 1.165) is 23.6 Å². The number of halogens is 2. The summed E-state index contributed by atoms with van der Waals surface area (Å²) in [5.74, 6) is -1.97. The molecule has 2 nitrogen and oxygen atoms in total. The first-order valence-electron chi connectivity index (χ1n) is 7.08. The second-order valence-electron chi connectivity index (χ2n) is 5.49. The van der Waals surface area contributed by atoms with E-state index < -0.39 is 18.3 Å². The molecule has 1 unspecified atom stereocenters. The first-order chi connectivity index (χ1) is 10.1. The number of carbonyl (C=O) groups excluding carboxylic acids is 1. The van der Waals surface area contributed by atoms with Crippen LogP contribution in [0.3, 0.4) is 0 Å². The van der Waals surface area contributed by atoms with Crippen LogP contribution in [0.4, 0.5) is 8.78 Å². The van der Waals surface area contributed by atoms with Crippen molar-refractivity contribution in [3.8, 4) is 0 Å². The highest BCUT2D eigenvalue weighted by molar-refractivity contribution is 5.86. The number of fused-ring (bicyclic) bond motifs is 1. The van der Waals surface area contributed by atoms with Gasteiger partial charge in [-0.05, 0) is 35.1 Å². The van der Waals surface area contributed by atoms with E-state index in [9.17, 15) is 13.6 Å². The molecule has 0 heterocycles. The van der Waals surface area contributed by atoms with E-state index in [4.69, 9.17) is 4.74 Å². The summed E-state index contributed by atoms with van der Waals surface area (Å²) in [5.41, 5.74) is 0.310. The van der Waals surface area contributed by atoms with Gasteiger partial charge in [-0.2, -0.15) is 0 Å². The van der Waals surface area contributed by atoms with E-state index in [1.54, 1.807) is 18.2 Å². The third kappa shape index (κ3) is 3.20. The lowest BCUT2D eigenvalue weighted by Gasteiger charge is -2.16. The van der Waals surface area contributed by atoms with E-state index in [0.29, 0.717) is 11.5 Å². The molecule has 1 aliphatic rings. The quantitative estimate of drug-likeness (QED) is 0.774. The molecule has 3 rings (SSSR count). The zero-order chi connectivity index (χ0) is 14.8. The molecular formula is C17H16F2O2.